The largest absolute Gasteiger partial charge is 0.508 e. The molecule has 0 spiro atoms. The summed E-state index contributed by atoms with van der Waals surface area (Å²) in [6.07, 6.45) is 3.95. The SMILES string of the molecule is NCC(=O)NC(Cc1ccc(O)cc1)C(=O)N1CCCC1C(=O)NC(Cc1cnc[nH]1)C(=O)O. The van der Waals surface area contributed by atoms with Gasteiger partial charge in [0.1, 0.15) is 23.9 Å². The van der Waals surface area contributed by atoms with Crippen molar-refractivity contribution in [3.8, 4) is 5.75 Å². The lowest BCUT2D eigenvalue weighted by atomic mass is 10.0. The van der Waals surface area contributed by atoms with Gasteiger partial charge in [0, 0.05) is 31.3 Å². The van der Waals surface area contributed by atoms with Crippen LogP contribution in [0.5, 0.6) is 5.75 Å². The van der Waals surface area contributed by atoms with Crippen LogP contribution >= 0.6 is 0 Å². The number of benzene rings is 1. The van der Waals surface area contributed by atoms with E-state index in [4.69, 9.17) is 5.73 Å². The summed E-state index contributed by atoms with van der Waals surface area (Å²) in [5, 5.41) is 24.1. The number of nitrogens with one attached hydrogen (secondary N) is 3. The van der Waals surface area contributed by atoms with E-state index >= 15 is 0 Å². The van der Waals surface area contributed by atoms with E-state index in [1.54, 1.807) is 12.1 Å². The first-order chi connectivity index (χ1) is 16.3. The Morgan fingerprint density at radius 1 is 1.15 bits per heavy atom. The number of rotatable bonds is 10. The lowest BCUT2D eigenvalue weighted by Crippen LogP contribution is -2.56. The number of carbonyl (C=O) groups excluding carboxylic acids is 3. The van der Waals surface area contributed by atoms with Gasteiger partial charge in [-0.25, -0.2) is 9.78 Å². The predicted octanol–water partition coefficient (Wildman–Crippen LogP) is -1.10. The number of carboxylic acid groups (broad SMARTS) is 1. The van der Waals surface area contributed by atoms with E-state index in [0.29, 0.717) is 30.6 Å². The molecule has 3 unspecified atom stereocenters. The Hall–Kier alpha value is -3.93. The minimum absolute atomic E-state index is 0.0117. The van der Waals surface area contributed by atoms with Gasteiger partial charge < -0.3 is 36.5 Å². The molecule has 1 aliphatic rings. The summed E-state index contributed by atoms with van der Waals surface area (Å²) in [6.45, 7) is -0.0169. The Balaban J connectivity index is 1.73. The van der Waals surface area contributed by atoms with Crippen molar-refractivity contribution in [2.24, 2.45) is 5.73 Å². The van der Waals surface area contributed by atoms with Crippen molar-refractivity contribution in [2.45, 2.75) is 43.8 Å². The third-order valence-electron chi connectivity index (χ3n) is 5.63. The lowest BCUT2D eigenvalue weighted by Gasteiger charge is -2.29. The summed E-state index contributed by atoms with van der Waals surface area (Å²) < 4.78 is 0. The van der Waals surface area contributed by atoms with Gasteiger partial charge in [-0.3, -0.25) is 14.4 Å². The fraction of sp³-hybridized carbons (Fsp3) is 0.409. The van der Waals surface area contributed by atoms with Crippen LogP contribution in [0.15, 0.2) is 36.8 Å². The van der Waals surface area contributed by atoms with Crippen LogP contribution in [0.3, 0.4) is 0 Å². The van der Waals surface area contributed by atoms with Gasteiger partial charge in [-0.1, -0.05) is 12.1 Å². The van der Waals surface area contributed by atoms with E-state index in [2.05, 4.69) is 20.6 Å². The van der Waals surface area contributed by atoms with Crippen LogP contribution in [0.1, 0.15) is 24.1 Å². The number of carboxylic acids is 1. The first-order valence-electron chi connectivity index (χ1n) is 10.9. The van der Waals surface area contributed by atoms with Gasteiger partial charge in [-0.2, -0.15) is 0 Å². The number of nitrogens with zero attached hydrogens (tertiary/aromatic N) is 2. The number of aromatic amines is 1. The molecule has 3 rings (SSSR count). The second-order valence-electron chi connectivity index (χ2n) is 8.06. The molecular weight excluding hydrogens is 444 g/mol. The Morgan fingerprint density at radius 3 is 2.50 bits per heavy atom. The summed E-state index contributed by atoms with van der Waals surface area (Å²) in [4.78, 5) is 58.0. The fourth-order valence-electron chi connectivity index (χ4n) is 3.91. The maximum atomic E-state index is 13.4. The molecule has 34 heavy (non-hydrogen) atoms. The second-order valence-corrected chi connectivity index (χ2v) is 8.06. The van der Waals surface area contributed by atoms with Crippen molar-refractivity contribution in [3.05, 3.63) is 48.0 Å². The molecule has 12 nitrogen and oxygen atoms in total. The monoisotopic (exact) mass is 472 g/mol. The van der Waals surface area contributed by atoms with E-state index in [9.17, 15) is 29.4 Å². The Morgan fingerprint density at radius 2 is 1.88 bits per heavy atom. The molecule has 0 saturated carbocycles. The van der Waals surface area contributed by atoms with E-state index in [1.807, 2.05) is 0 Å². The molecule has 2 aromatic rings. The number of phenolic OH excluding ortho intramolecular Hbond substituents is 1. The van der Waals surface area contributed by atoms with Crippen molar-refractivity contribution in [1.82, 2.24) is 25.5 Å². The van der Waals surface area contributed by atoms with E-state index in [-0.39, 0.29) is 25.1 Å². The van der Waals surface area contributed by atoms with Gasteiger partial charge in [0.05, 0.1) is 12.9 Å². The fourth-order valence-corrected chi connectivity index (χ4v) is 3.91. The number of carbonyl (C=O) groups is 4. The maximum Gasteiger partial charge on any atom is 0.326 e. The predicted molar refractivity (Wildman–Crippen MR) is 119 cm³/mol. The molecule has 182 valence electrons. The van der Waals surface area contributed by atoms with Crippen molar-refractivity contribution in [3.63, 3.8) is 0 Å². The highest BCUT2D eigenvalue weighted by Crippen LogP contribution is 2.21. The first-order valence-corrected chi connectivity index (χ1v) is 10.9. The maximum absolute atomic E-state index is 13.4. The van der Waals surface area contributed by atoms with Crippen LogP contribution in [0.25, 0.3) is 0 Å². The average molecular weight is 473 g/mol. The molecule has 1 aliphatic heterocycles. The number of aromatic hydroxyl groups is 1. The van der Waals surface area contributed by atoms with Crippen LogP contribution in [0, 0.1) is 0 Å². The molecule has 1 aromatic heterocycles. The zero-order chi connectivity index (χ0) is 24.7. The summed E-state index contributed by atoms with van der Waals surface area (Å²) in [5.41, 5.74) is 6.65. The van der Waals surface area contributed by atoms with Crippen LogP contribution in [0.2, 0.25) is 0 Å². The van der Waals surface area contributed by atoms with Crippen LogP contribution in [-0.2, 0) is 32.0 Å². The Bertz CT molecular complexity index is 1010. The number of hydrogen-bond acceptors (Lipinski definition) is 7. The molecule has 1 saturated heterocycles. The highest BCUT2D eigenvalue weighted by atomic mass is 16.4. The van der Waals surface area contributed by atoms with Crippen LogP contribution in [-0.4, -0.2) is 80.0 Å². The molecule has 0 bridgehead atoms. The number of amides is 3. The number of nitrogens with two attached hydrogens (primary N) is 1. The zero-order valence-electron chi connectivity index (χ0n) is 18.4. The standard InChI is InChI=1S/C22H28N6O6/c23-10-19(30)26-16(8-13-3-5-15(29)6-4-13)21(32)28-7-1-2-18(28)20(31)27-17(22(33)34)9-14-11-24-12-25-14/h3-6,11-12,16-18,29H,1-2,7-10,23H2,(H,24,25)(H,26,30)(H,27,31)(H,33,34). The van der Waals surface area contributed by atoms with Crippen molar-refractivity contribution in [2.75, 3.05) is 13.1 Å². The number of hydrogen-bond donors (Lipinski definition) is 6. The molecule has 3 atom stereocenters. The number of imidazole rings is 1. The van der Waals surface area contributed by atoms with Gasteiger partial charge in [-0.15, -0.1) is 0 Å². The van der Waals surface area contributed by atoms with Crippen molar-refractivity contribution in [1.29, 1.82) is 0 Å². The van der Waals surface area contributed by atoms with E-state index in [0.717, 1.165) is 0 Å². The zero-order valence-corrected chi connectivity index (χ0v) is 18.4. The summed E-state index contributed by atoms with van der Waals surface area (Å²) in [5.74, 6) is -2.71. The molecule has 12 heteroatoms. The third-order valence-corrected chi connectivity index (χ3v) is 5.63. The van der Waals surface area contributed by atoms with Crippen LogP contribution < -0.4 is 16.4 Å². The molecule has 0 aliphatic carbocycles. The summed E-state index contributed by atoms with van der Waals surface area (Å²) in [6, 6.07) is 3.16. The van der Waals surface area contributed by atoms with Gasteiger partial charge in [0.15, 0.2) is 0 Å². The number of H-pyrrole nitrogens is 1. The first kappa shape index (κ1) is 24.7. The Kier molecular flexibility index (Phi) is 8.19. The number of likely N-dealkylation sites (tertiary alicyclic amines) is 1. The van der Waals surface area contributed by atoms with Gasteiger partial charge >= 0.3 is 5.97 Å². The molecule has 3 amide bonds. The molecule has 0 radical (unpaired) electrons. The van der Waals surface area contributed by atoms with E-state index < -0.39 is 41.8 Å². The van der Waals surface area contributed by atoms with Crippen LogP contribution in [0.4, 0.5) is 0 Å². The molecule has 1 fully saturated rings. The quantitative estimate of drug-likeness (QED) is 0.251. The summed E-state index contributed by atoms with van der Waals surface area (Å²) in [7, 11) is 0. The minimum atomic E-state index is -1.21. The Labute approximate surface area is 195 Å². The molecule has 2 heterocycles. The number of phenols is 1. The molecule has 1 aromatic carbocycles. The lowest BCUT2D eigenvalue weighted by molar-refractivity contribution is -0.144. The third kappa shape index (κ3) is 6.32. The highest BCUT2D eigenvalue weighted by Gasteiger charge is 2.38. The highest BCUT2D eigenvalue weighted by molar-refractivity contribution is 5.94. The molecule has 7 N–H and O–H groups in total. The topological polar surface area (TPSA) is 191 Å². The van der Waals surface area contributed by atoms with Gasteiger partial charge in [0.25, 0.3) is 0 Å². The number of aliphatic carboxylic acids is 1. The molecular formula is C22H28N6O6. The van der Waals surface area contributed by atoms with Crippen molar-refractivity contribution < 1.29 is 29.4 Å². The smallest absolute Gasteiger partial charge is 0.326 e. The average Bonchev–Trinajstić information content (AvgIpc) is 3.51. The normalized spacial score (nSPS) is 17.1. The van der Waals surface area contributed by atoms with Crippen molar-refractivity contribution >= 4 is 23.7 Å². The second kappa shape index (κ2) is 11.3. The van der Waals surface area contributed by atoms with Gasteiger partial charge in [0.2, 0.25) is 17.7 Å². The summed E-state index contributed by atoms with van der Waals surface area (Å²) >= 11 is 0. The van der Waals surface area contributed by atoms with Gasteiger partial charge in [-0.05, 0) is 30.5 Å². The number of aromatic nitrogens is 2. The minimum Gasteiger partial charge on any atom is -0.508 e. The van der Waals surface area contributed by atoms with E-state index in [1.165, 1.54) is 29.6 Å².